The van der Waals surface area contributed by atoms with Gasteiger partial charge in [0, 0.05) is 25.4 Å². The first-order valence-corrected chi connectivity index (χ1v) is 9.30. The SMILES string of the molecule is C#CC1=CN(C(=O)NC)C(c2ccc(F)cc2N(CC)S(C)(=O)=O)N1. The van der Waals surface area contributed by atoms with Crippen molar-refractivity contribution < 1.29 is 17.6 Å². The maximum Gasteiger partial charge on any atom is 0.323 e. The number of nitrogens with one attached hydrogen (secondary N) is 2. The van der Waals surface area contributed by atoms with Crippen molar-refractivity contribution in [2.45, 2.75) is 13.1 Å². The highest BCUT2D eigenvalue weighted by atomic mass is 32.2. The summed E-state index contributed by atoms with van der Waals surface area (Å²) in [4.78, 5) is 13.4. The average molecular weight is 366 g/mol. The fourth-order valence-electron chi connectivity index (χ4n) is 2.63. The van der Waals surface area contributed by atoms with Gasteiger partial charge in [0.25, 0.3) is 0 Å². The number of anilines is 1. The molecular formula is C16H19FN4O3S. The fourth-order valence-corrected chi connectivity index (χ4v) is 3.61. The number of sulfonamides is 1. The van der Waals surface area contributed by atoms with Gasteiger partial charge < -0.3 is 10.6 Å². The number of nitrogens with zero attached hydrogens (tertiary/aromatic N) is 2. The molecule has 9 heteroatoms. The van der Waals surface area contributed by atoms with E-state index in [1.165, 1.54) is 30.3 Å². The number of allylic oxidation sites excluding steroid dienone is 1. The number of carbonyl (C=O) groups excluding carboxylic acids is 1. The van der Waals surface area contributed by atoms with E-state index in [4.69, 9.17) is 6.42 Å². The Bertz CT molecular complexity index is 861. The second-order valence-corrected chi connectivity index (χ2v) is 7.23. The molecule has 0 radical (unpaired) electrons. The lowest BCUT2D eigenvalue weighted by Gasteiger charge is -2.29. The van der Waals surface area contributed by atoms with Crippen molar-refractivity contribution in [2.24, 2.45) is 0 Å². The normalized spacial score (nSPS) is 16.7. The van der Waals surface area contributed by atoms with Gasteiger partial charge in [0.1, 0.15) is 17.7 Å². The third-order valence-electron chi connectivity index (χ3n) is 3.69. The predicted molar refractivity (Wildman–Crippen MR) is 93.4 cm³/mol. The van der Waals surface area contributed by atoms with Crippen LogP contribution in [-0.2, 0) is 10.0 Å². The van der Waals surface area contributed by atoms with Gasteiger partial charge in [0.2, 0.25) is 10.0 Å². The maximum absolute atomic E-state index is 13.8. The molecule has 1 unspecified atom stereocenters. The molecule has 0 saturated carbocycles. The van der Waals surface area contributed by atoms with E-state index in [2.05, 4.69) is 16.6 Å². The van der Waals surface area contributed by atoms with Crippen LogP contribution in [0.25, 0.3) is 0 Å². The molecule has 2 amide bonds. The van der Waals surface area contributed by atoms with Crippen LogP contribution in [0.2, 0.25) is 0 Å². The van der Waals surface area contributed by atoms with Gasteiger partial charge >= 0.3 is 6.03 Å². The lowest BCUT2D eigenvalue weighted by molar-refractivity contribution is 0.203. The summed E-state index contributed by atoms with van der Waals surface area (Å²) in [6, 6.07) is 3.31. The second kappa shape index (κ2) is 7.03. The van der Waals surface area contributed by atoms with Crippen molar-refractivity contribution in [3.8, 4) is 12.3 Å². The summed E-state index contributed by atoms with van der Waals surface area (Å²) < 4.78 is 39.0. The molecule has 2 N–H and O–H groups in total. The van der Waals surface area contributed by atoms with Crippen LogP contribution in [0.5, 0.6) is 0 Å². The van der Waals surface area contributed by atoms with Crippen molar-refractivity contribution in [1.82, 2.24) is 15.5 Å². The molecule has 0 fully saturated rings. The Labute approximate surface area is 146 Å². The standard InChI is InChI=1S/C16H19FN4O3S/c1-5-12-10-20(16(22)18-3)15(19-12)13-8-7-11(17)9-14(13)21(6-2)25(4,23)24/h1,7-10,15,19H,6H2,2-4H3,(H,18,22). The highest BCUT2D eigenvalue weighted by molar-refractivity contribution is 7.92. The second-order valence-electron chi connectivity index (χ2n) is 5.33. The molecule has 1 atom stereocenters. The highest BCUT2D eigenvalue weighted by Gasteiger charge is 2.33. The Morgan fingerprint density at radius 3 is 2.72 bits per heavy atom. The largest absolute Gasteiger partial charge is 0.353 e. The molecule has 1 aromatic carbocycles. The van der Waals surface area contributed by atoms with Gasteiger partial charge in [-0.15, -0.1) is 6.42 Å². The van der Waals surface area contributed by atoms with Crippen LogP contribution in [0.15, 0.2) is 30.1 Å². The minimum Gasteiger partial charge on any atom is -0.353 e. The number of hydrogen-bond donors (Lipinski definition) is 2. The Balaban J connectivity index is 2.60. The van der Waals surface area contributed by atoms with Crippen molar-refractivity contribution in [3.05, 3.63) is 41.5 Å². The van der Waals surface area contributed by atoms with Crippen molar-refractivity contribution in [3.63, 3.8) is 0 Å². The predicted octanol–water partition coefficient (Wildman–Crippen LogP) is 1.33. The number of hydrogen-bond acceptors (Lipinski definition) is 4. The summed E-state index contributed by atoms with van der Waals surface area (Å²) in [6.07, 6.45) is 7.10. The summed E-state index contributed by atoms with van der Waals surface area (Å²) in [5, 5.41) is 5.44. The molecule has 0 bridgehead atoms. The minimum absolute atomic E-state index is 0.109. The Hall–Kier alpha value is -2.73. The molecule has 0 saturated heterocycles. The van der Waals surface area contributed by atoms with Crippen LogP contribution in [-0.4, -0.2) is 39.2 Å². The summed E-state index contributed by atoms with van der Waals surface area (Å²) in [5.74, 6) is 1.81. The molecule has 1 aromatic rings. The van der Waals surface area contributed by atoms with Gasteiger partial charge in [-0.3, -0.25) is 9.21 Å². The van der Waals surface area contributed by atoms with E-state index in [0.29, 0.717) is 11.3 Å². The van der Waals surface area contributed by atoms with Crippen LogP contribution in [0.3, 0.4) is 0 Å². The lowest BCUT2D eigenvalue weighted by atomic mass is 10.1. The van der Waals surface area contributed by atoms with Crippen LogP contribution in [0, 0.1) is 18.2 Å². The Morgan fingerprint density at radius 1 is 1.52 bits per heavy atom. The van der Waals surface area contributed by atoms with Crippen LogP contribution < -0.4 is 14.9 Å². The van der Waals surface area contributed by atoms with Crippen LogP contribution in [0.4, 0.5) is 14.9 Å². The molecule has 0 aromatic heterocycles. The zero-order valence-electron chi connectivity index (χ0n) is 14.1. The molecule has 2 rings (SSSR count). The van der Waals surface area contributed by atoms with Crippen molar-refractivity contribution >= 4 is 21.7 Å². The number of rotatable bonds is 4. The van der Waals surface area contributed by atoms with Gasteiger partial charge in [-0.1, -0.05) is 12.0 Å². The Kier molecular flexibility index (Phi) is 5.23. The van der Waals surface area contributed by atoms with Crippen LogP contribution in [0.1, 0.15) is 18.7 Å². The molecular weight excluding hydrogens is 347 g/mol. The lowest BCUT2D eigenvalue weighted by Crippen LogP contribution is -2.39. The van der Waals surface area contributed by atoms with Gasteiger partial charge in [-0.25, -0.2) is 17.6 Å². The summed E-state index contributed by atoms with van der Waals surface area (Å²) in [5.41, 5.74) is 0.896. The summed E-state index contributed by atoms with van der Waals surface area (Å²) in [7, 11) is -2.18. The van der Waals surface area contributed by atoms with Crippen molar-refractivity contribution in [1.29, 1.82) is 0 Å². The quantitative estimate of drug-likeness (QED) is 0.788. The third kappa shape index (κ3) is 3.69. The molecule has 1 aliphatic rings. The van der Waals surface area contributed by atoms with E-state index < -0.39 is 28.0 Å². The van der Waals surface area contributed by atoms with E-state index in [-0.39, 0.29) is 12.2 Å². The van der Waals surface area contributed by atoms with Crippen molar-refractivity contribution in [2.75, 3.05) is 24.2 Å². The smallest absolute Gasteiger partial charge is 0.323 e. The number of halogens is 1. The number of amides is 2. The zero-order chi connectivity index (χ0) is 18.8. The number of urea groups is 1. The molecule has 7 nitrogen and oxygen atoms in total. The zero-order valence-corrected chi connectivity index (χ0v) is 14.9. The minimum atomic E-state index is -3.64. The van der Waals surface area contributed by atoms with E-state index in [1.807, 2.05) is 0 Å². The van der Waals surface area contributed by atoms with Gasteiger partial charge in [-0.05, 0) is 19.1 Å². The number of terminal acetylenes is 1. The molecule has 25 heavy (non-hydrogen) atoms. The van der Waals surface area contributed by atoms with Crippen LogP contribution >= 0.6 is 0 Å². The van der Waals surface area contributed by atoms with E-state index in [0.717, 1.165) is 16.6 Å². The first kappa shape index (κ1) is 18.6. The maximum atomic E-state index is 13.8. The summed E-state index contributed by atoms with van der Waals surface area (Å²) >= 11 is 0. The van der Waals surface area contributed by atoms with E-state index >= 15 is 0 Å². The monoisotopic (exact) mass is 366 g/mol. The van der Waals surface area contributed by atoms with Gasteiger partial charge in [-0.2, -0.15) is 0 Å². The van der Waals surface area contributed by atoms with E-state index in [9.17, 15) is 17.6 Å². The average Bonchev–Trinajstić information content (AvgIpc) is 2.98. The first-order chi connectivity index (χ1) is 11.7. The molecule has 0 spiro atoms. The topological polar surface area (TPSA) is 81.8 Å². The molecule has 1 aliphatic heterocycles. The Morgan fingerprint density at radius 2 is 2.20 bits per heavy atom. The molecule has 1 heterocycles. The van der Waals surface area contributed by atoms with Gasteiger partial charge in [0.15, 0.2) is 0 Å². The molecule has 0 aliphatic carbocycles. The number of benzene rings is 1. The highest BCUT2D eigenvalue weighted by Crippen LogP contribution is 2.34. The third-order valence-corrected chi connectivity index (χ3v) is 4.94. The first-order valence-electron chi connectivity index (χ1n) is 7.45. The van der Waals surface area contributed by atoms with E-state index in [1.54, 1.807) is 6.92 Å². The summed E-state index contributed by atoms with van der Waals surface area (Å²) in [6.45, 7) is 1.75. The number of carbonyl (C=O) groups is 1. The van der Waals surface area contributed by atoms with Gasteiger partial charge in [0.05, 0.1) is 11.9 Å². The molecule has 134 valence electrons. The fraction of sp³-hybridized carbons (Fsp3) is 0.312.